The summed E-state index contributed by atoms with van der Waals surface area (Å²) < 4.78 is 41.0. The fourth-order valence-electron chi connectivity index (χ4n) is 1.46. The van der Waals surface area contributed by atoms with E-state index in [0.717, 1.165) is 0 Å². The SMILES string of the molecule is Cc1nc2nc(NCCO)ncc2cc1OSC(F)(F)F. The van der Waals surface area contributed by atoms with E-state index in [9.17, 15) is 13.2 Å². The summed E-state index contributed by atoms with van der Waals surface area (Å²) in [6.45, 7) is 1.73. The number of aliphatic hydroxyl groups is 1. The van der Waals surface area contributed by atoms with E-state index in [1.54, 1.807) is 0 Å². The number of hydrogen-bond acceptors (Lipinski definition) is 7. The van der Waals surface area contributed by atoms with E-state index in [0.29, 0.717) is 11.0 Å². The van der Waals surface area contributed by atoms with Crippen molar-refractivity contribution in [1.29, 1.82) is 0 Å². The number of hydrogen-bond donors (Lipinski definition) is 2. The number of aromatic nitrogens is 3. The zero-order valence-corrected chi connectivity index (χ0v) is 11.6. The lowest BCUT2D eigenvalue weighted by Gasteiger charge is -2.10. The molecule has 0 aliphatic heterocycles. The number of nitrogens with zero attached hydrogens (tertiary/aromatic N) is 3. The number of pyridine rings is 1. The highest BCUT2D eigenvalue weighted by Gasteiger charge is 2.31. The van der Waals surface area contributed by atoms with E-state index < -0.39 is 17.6 Å². The molecular formula is C11H11F3N4O2S. The van der Waals surface area contributed by atoms with E-state index in [4.69, 9.17) is 5.11 Å². The standard InChI is InChI=1S/C11H11F3N4O2S/c1-6-8(20-21-11(12,13)14)4-7-5-16-10(15-2-3-19)18-9(7)17-6/h4-5,19H,2-3H2,1H3,(H,15,16,17,18). The van der Waals surface area contributed by atoms with Gasteiger partial charge in [-0.1, -0.05) is 0 Å². The monoisotopic (exact) mass is 320 g/mol. The van der Waals surface area contributed by atoms with E-state index in [2.05, 4.69) is 24.5 Å². The molecule has 0 aliphatic rings. The Bertz CT molecular complexity index is 639. The number of halogens is 3. The summed E-state index contributed by atoms with van der Waals surface area (Å²) in [4.78, 5) is 12.1. The minimum absolute atomic E-state index is 0.00416. The summed E-state index contributed by atoms with van der Waals surface area (Å²) in [5.41, 5.74) is -3.88. The lowest BCUT2D eigenvalue weighted by Crippen LogP contribution is -2.09. The summed E-state index contributed by atoms with van der Waals surface area (Å²) in [7, 11) is 0. The van der Waals surface area contributed by atoms with E-state index in [1.165, 1.54) is 19.2 Å². The van der Waals surface area contributed by atoms with Crippen LogP contribution in [0.15, 0.2) is 12.3 Å². The van der Waals surface area contributed by atoms with Gasteiger partial charge in [0.25, 0.3) is 0 Å². The average Bonchev–Trinajstić information content (AvgIpc) is 2.41. The quantitative estimate of drug-likeness (QED) is 0.818. The Morgan fingerprint density at radius 3 is 2.81 bits per heavy atom. The Kier molecular flexibility index (Phi) is 4.68. The van der Waals surface area contributed by atoms with Gasteiger partial charge in [0, 0.05) is 18.1 Å². The largest absolute Gasteiger partial charge is 0.479 e. The Hall–Kier alpha value is -1.81. The first-order chi connectivity index (χ1) is 9.89. The highest BCUT2D eigenvalue weighted by Crippen LogP contribution is 2.34. The van der Waals surface area contributed by atoms with Crippen LogP contribution >= 0.6 is 12.0 Å². The third kappa shape index (κ3) is 4.33. The van der Waals surface area contributed by atoms with Crippen LogP contribution in [0, 0.1) is 6.92 Å². The number of aryl methyl sites for hydroxylation is 1. The molecule has 0 spiro atoms. The van der Waals surface area contributed by atoms with Crippen molar-refractivity contribution in [3.63, 3.8) is 0 Å². The molecule has 0 bridgehead atoms. The molecule has 0 unspecified atom stereocenters. The third-order valence-corrected chi connectivity index (χ3v) is 2.79. The molecule has 21 heavy (non-hydrogen) atoms. The molecule has 114 valence electrons. The molecular weight excluding hydrogens is 309 g/mol. The van der Waals surface area contributed by atoms with Gasteiger partial charge in [0.05, 0.1) is 12.3 Å². The van der Waals surface area contributed by atoms with Crippen LogP contribution in [0.25, 0.3) is 11.0 Å². The maximum absolute atomic E-state index is 12.1. The highest BCUT2D eigenvalue weighted by molar-refractivity contribution is 7.95. The minimum atomic E-state index is -4.49. The average molecular weight is 320 g/mol. The van der Waals surface area contributed by atoms with Crippen molar-refractivity contribution in [1.82, 2.24) is 15.0 Å². The van der Waals surface area contributed by atoms with Crippen LogP contribution in [0.2, 0.25) is 0 Å². The smallest absolute Gasteiger partial charge is 0.415 e. The van der Waals surface area contributed by atoms with Crippen molar-refractivity contribution in [3.8, 4) is 5.75 Å². The van der Waals surface area contributed by atoms with Crippen molar-refractivity contribution < 1.29 is 22.5 Å². The molecule has 2 aromatic heterocycles. The molecule has 0 amide bonds. The Morgan fingerprint density at radius 1 is 1.38 bits per heavy atom. The zero-order valence-electron chi connectivity index (χ0n) is 10.8. The first-order valence-electron chi connectivity index (χ1n) is 5.80. The van der Waals surface area contributed by atoms with Crippen LogP contribution < -0.4 is 9.50 Å². The van der Waals surface area contributed by atoms with Crippen molar-refractivity contribution in [2.75, 3.05) is 18.5 Å². The van der Waals surface area contributed by atoms with Gasteiger partial charge in [-0.05, 0) is 13.0 Å². The number of nitrogens with one attached hydrogen (secondary N) is 1. The molecule has 0 atom stereocenters. The second kappa shape index (κ2) is 6.31. The van der Waals surface area contributed by atoms with Crippen LogP contribution in [0.4, 0.5) is 19.1 Å². The summed E-state index contributed by atoms with van der Waals surface area (Å²) in [5.74, 6) is 0.284. The Morgan fingerprint density at radius 2 is 2.14 bits per heavy atom. The maximum Gasteiger partial charge on any atom is 0.479 e. The predicted molar refractivity (Wildman–Crippen MR) is 71.9 cm³/mol. The van der Waals surface area contributed by atoms with Gasteiger partial charge in [0.1, 0.15) is 0 Å². The summed E-state index contributed by atoms with van der Waals surface area (Å²) in [6.07, 6.45) is 1.42. The van der Waals surface area contributed by atoms with E-state index in [-0.39, 0.29) is 30.5 Å². The third-order valence-electron chi connectivity index (χ3n) is 2.33. The normalized spacial score (nSPS) is 11.7. The van der Waals surface area contributed by atoms with Gasteiger partial charge < -0.3 is 14.6 Å². The van der Waals surface area contributed by atoms with Gasteiger partial charge in [0.15, 0.2) is 23.4 Å². The molecule has 0 saturated carbocycles. The van der Waals surface area contributed by atoms with Crippen molar-refractivity contribution >= 4 is 29.0 Å². The van der Waals surface area contributed by atoms with E-state index >= 15 is 0 Å². The Balaban J connectivity index is 2.25. The van der Waals surface area contributed by atoms with Crippen LogP contribution in [-0.4, -0.2) is 38.7 Å². The van der Waals surface area contributed by atoms with Gasteiger partial charge in [-0.3, -0.25) is 0 Å². The fourth-order valence-corrected chi connectivity index (χ4v) is 1.82. The fraction of sp³-hybridized carbons (Fsp3) is 0.364. The second-order valence-electron chi connectivity index (χ2n) is 3.94. The van der Waals surface area contributed by atoms with Gasteiger partial charge in [-0.25, -0.2) is 9.97 Å². The molecule has 10 heteroatoms. The molecule has 2 aromatic rings. The topological polar surface area (TPSA) is 80.2 Å². The van der Waals surface area contributed by atoms with Crippen LogP contribution in [0.1, 0.15) is 5.69 Å². The van der Waals surface area contributed by atoms with Gasteiger partial charge in [0.2, 0.25) is 5.95 Å². The first-order valence-corrected chi connectivity index (χ1v) is 6.55. The maximum atomic E-state index is 12.1. The molecule has 6 nitrogen and oxygen atoms in total. The molecule has 2 rings (SSSR count). The minimum Gasteiger partial charge on any atom is -0.415 e. The molecule has 0 aromatic carbocycles. The number of anilines is 1. The predicted octanol–water partition coefficient (Wildman–Crippen LogP) is 2.28. The zero-order chi connectivity index (χ0) is 15.5. The van der Waals surface area contributed by atoms with Crippen molar-refractivity contribution in [2.45, 2.75) is 12.4 Å². The lowest BCUT2D eigenvalue weighted by molar-refractivity contribution is -0.0369. The molecule has 0 fully saturated rings. The number of alkyl halides is 3. The van der Waals surface area contributed by atoms with Gasteiger partial charge in [-0.2, -0.15) is 18.2 Å². The number of fused-ring (bicyclic) bond motifs is 1. The molecule has 0 aliphatic carbocycles. The summed E-state index contributed by atoms with van der Waals surface area (Å²) in [5, 5.41) is 11.9. The van der Waals surface area contributed by atoms with Crippen molar-refractivity contribution in [3.05, 3.63) is 18.0 Å². The van der Waals surface area contributed by atoms with Crippen LogP contribution in [0.5, 0.6) is 5.75 Å². The lowest BCUT2D eigenvalue weighted by atomic mass is 10.3. The van der Waals surface area contributed by atoms with E-state index in [1.807, 2.05) is 0 Å². The molecule has 2 heterocycles. The number of rotatable bonds is 5. The Labute approximate surface area is 122 Å². The molecule has 2 N–H and O–H groups in total. The number of aliphatic hydroxyl groups excluding tert-OH is 1. The van der Waals surface area contributed by atoms with Gasteiger partial charge in [-0.15, -0.1) is 0 Å². The van der Waals surface area contributed by atoms with Crippen molar-refractivity contribution in [2.24, 2.45) is 0 Å². The first kappa shape index (κ1) is 15.6. The van der Waals surface area contributed by atoms with Gasteiger partial charge >= 0.3 is 5.51 Å². The van der Waals surface area contributed by atoms with Crippen LogP contribution in [0.3, 0.4) is 0 Å². The highest BCUT2D eigenvalue weighted by atomic mass is 32.2. The second-order valence-corrected chi connectivity index (χ2v) is 4.74. The molecule has 0 saturated heterocycles. The molecule has 0 radical (unpaired) electrons. The van der Waals surface area contributed by atoms with Crippen LogP contribution in [-0.2, 0) is 0 Å². The summed E-state index contributed by atoms with van der Waals surface area (Å²) >= 11 is -0.597. The summed E-state index contributed by atoms with van der Waals surface area (Å²) in [6, 6.07) is 1.40.